The molecule has 2 fully saturated rings. The van der Waals surface area contributed by atoms with Gasteiger partial charge < -0.3 is 15.5 Å². The van der Waals surface area contributed by atoms with Gasteiger partial charge in [0.1, 0.15) is 0 Å². The van der Waals surface area contributed by atoms with Crippen LogP contribution in [-0.4, -0.2) is 42.6 Å². The van der Waals surface area contributed by atoms with Crippen molar-refractivity contribution in [1.82, 2.24) is 15.5 Å². The number of hydrogen-bond donors (Lipinski definition) is 2. The molecule has 0 radical (unpaired) electrons. The maximum absolute atomic E-state index is 11.9. The minimum Gasteiger partial charge on any atom is -0.335 e. The average molecular weight is 239 g/mol. The summed E-state index contributed by atoms with van der Waals surface area (Å²) in [5.74, 6) is 0.556. The molecule has 0 aromatic carbocycles. The molecule has 2 rings (SSSR count). The van der Waals surface area contributed by atoms with Gasteiger partial charge in [-0.3, -0.25) is 0 Å². The minimum atomic E-state index is 0.147. The van der Waals surface area contributed by atoms with Crippen molar-refractivity contribution in [1.29, 1.82) is 0 Å². The van der Waals surface area contributed by atoms with E-state index in [1.807, 2.05) is 4.90 Å². The molecule has 2 N–H and O–H groups in total. The molecule has 4 nitrogen and oxygen atoms in total. The van der Waals surface area contributed by atoms with Crippen LogP contribution in [0, 0.1) is 5.92 Å². The largest absolute Gasteiger partial charge is 0.335 e. The minimum absolute atomic E-state index is 0.147. The number of hydrogen-bond acceptors (Lipinski definition) is 2. The Bertz CT molecular complexity index is 265. The van der Waals surface area contributed by atoms with Gasteiger partial charge in [-0.05, 0) is 38.1 Å². The molecular weight excluding hydrogens is 214 g/mol. The summed E-state index contributed by atoms with van der Waals surface area (Å²) in [6.45, 7) is 7.30. The van der Waals surface area contributed by atoms with Crippen molar-refractivity contribution < 1.29 is 4.79 Å². The van der Waals surface area contributed by atoms with Gasteiger partial charge in [0.05, 0.1) is 0 Å². The first-order valence-corrected chi connectivity index (χ1v) is 6.99. The molecule has 0 aromatic heterocycles. The van der Waals surface area contributed by atoms with Gasteiger partial charge in [0, 0.05) is 25.2 Å². The van der Waals surface area contributed by atoms with Gasteiger partial charge in [-0.2, -0.15) is 0 Å². The summed E-state index contributed by atoms with van der Waals surface area (Å²) in [5, 5.41) is 6.64. The van der Waals surface area contributed by atoms with E-state index in [-0.39, 0.29) is 6.03 Å². The molecule has 1 saturated carbocycles. The molecule has 0 spiro atoms. The van der Waals surface area contributed by atoms with E-state index in [0.717, 1.165) is 38.9 Å². The maximum Gasteiger partial charge on any atom is 0.317 e. The number of likely N-dealkylation sites (tertiary alicyclic amines) is 1. The Morgan fingerprint density at radius 3 is 2.71 bits per heavy atom. The highest BCUT2D eigenvalue weighted by Crippen LogP contribution is 2.21. The van der Waals surface area contributed by atoms with Crippen molar-refractivity contribution in [2.75, 3.05) is 19.6 Å². The van der Waals surface area contributed by atoms with Crippen molar-refractivity contribution in [3.8, 4) is 0 Å². The van der Waals surface area contributed by atoms with Crippen LogP contribution in [0.2, 0.25) is 0 Å². The van der Waals surface area contributed by atoms with Crippen LogP contribution in [0.3, 0.4) is 0 Å². The second kappa shape index (κ2) is 5.71. The van der Waals surface area contributed by atoms with Crippen molar-refractivity contribution in [3.63, 3.8) is 0 Å². The summed E-state index contributed by atoms with van der Waals surface area (Å²) in [7, 11) is 0. The Hall–Kier alpha value is -0.770. The number of carbonyl (C=O) groups excluding carboxylic acids is 1. The highest BCUT2D eigenvalue weighted by molar-refractivity contribution is 5.75. The Morgan fingerprint density at radius 1 is 1.35 bits per heavy atom. The second-order valence-corrected chi connectivity index (χ2v) is 5.50. The van der Waals surface area contributed by atoms with Gasteiger partial charge >= 0.3 is 6.03 Å². The zero-order valence-electron chi connectivity index (χ0n) is 11.0. The van der Waals surface area contributed by atoms with Crippen molar-refractivity contribution >= 4 is 6.03 Å². The van der Waals surface area contributed by atoms with Crippen LogP contribution in [0.4, 0.5) is 4.79 Å². The number of piperidine rings is 1. The lowest BCUT2D eigenvalue weighted by Gasteiger charge is -2.37. The van der Waals surface area contributed by atoms with Crippen LogP contribution < -0.4 is 10.6 Å². The van der Waals surface area contributed by atoms with E-state index in [2.05, 4.69) is 24.5 Å². The molecule has 2 unspecified atom stereocenters. The molecule has 1 aliphatic heterocycles. The number of urea groups is 1. The third-order valence-corrected chi connectivity index (χ3v) is 3.75. The van der Waals surface area contributed by atoms with E-state index in [1.54, 1.807) is 0 Å². The lowest BCUT2D eigenvalue weighted by Crippen LogP contribution is -2.53. The van der Waals surface area contributed by atoms with Crippen molar-refractivity contribution in [2.45, 2.75) is 51.6 Å². The van der Waals surface area contributed by atoms with Gasteiger partial charge in [-0.1, -0.05) is 13.8 Å². The second-order valence-electron chi connectivity index (χ2n) is 5.50. The van der Waals surface area contributed by atoms with Gasteiger partial charge in [0.15, 0.2) is 0 Å². The quantitative estimate of drug-likeness (QED) is 0.782. The Balaban J connectivity index is 1.75. The molecule has 2 amide bonds. The fourth-order valence-electron chi connectivity index (χ4n) is 2.46. The standard InChI is InChI=1S/C13H25N3O/c1-3-7-14-12-6-8-16(9-10(12)2)13(17)15-11-4-5-11/h10-12,14H,3-9H2,1-2H3,(H,15,17). The predicted octanol–water partition coefficient (Wildman–Crippen LogP) is 1.57. The molecule has 98 valence electrons. The van der Waals surface area contributed by atoms with E-state index in [0.29, 0.717) is 18.0 Å². The third-order valence-electron chi connectivity index (χ3n) is 3.75. The van der Waals surface area contributed by atoms with Gasteiger partial charge in [0.25, 0.3) is 0 Å². The number of carbonyl (C=O) groups is 1. The third kappa shape index (κ3) is 3.60. The number of rotatable bonds is 4. The fraction of sp³-hybridized carbons (Fsp3) is 0.923. The summed E-state index contributed by atoms with van der Waals surface area (Å²) >= 11 is 0. The van der Waals surface area contributed by atoms with Crippen LogP contribution in [0.1, 0.15) is 39.5 Å². The topological polar surface area (TPSA) is 44.4 Å². The fourth-order valence-corrected chi connectivity index (χ4v) is 2.46. The van der Waals surface area contributed by atoms with Gasteiger partial charge in [-0.25, -0.2) is 4.79 Å². The van der Waals surface area contributed by atoms with Gasteiger partial charge in [-0.15, -0.1) is 0 Å². The van der Waals surface area contributed by atoms with E-state index < -0.39 is 0 Å². The first-order valence-electron chi connectivity index (χ1n) is 6.99. The lowest BCUT2D eigenvalue weighted by atomic mass is 9.94. The smallest absolute Gasteiger partial charge is 0.317 e. The highest BCUT2D eigenvalue weighted by atomic mass is 16.2. The number of amides is 2. The normalized spacial score (nSPS) is 29.2. The van der Waals surface area contributed by atoms with Crippen LogP contribution in [0.5, 0.6) is 0 Å². The van der Waals surface area contributed by atoms with Crippen LogP contribution in [0.15, 0.2) is 0 Å². The molecule has 1 aliphatic carbocycles. The molecule has 17 heavy (non-hydrogen) atoms. The summed E-state index contributed by atoms with van der Waals surface area (Å²) < 4.78 is 0. The molecule has 2 aliphatic rings. The lowest BCUT2D eigenvalue weighted by molar-refractivity contribution is 0.150. The predicted molar refractivity (Wildman–Crippen MR) is 69.0 cm³/mol. The molecule has 4 heteroatoms. The monoisotopic (exact) mass is 239 g/mol. The Kier molecular flexibility index (Phi) is 4.26. The van der Waals surface area contributed by atoms with Crippen molar-refractivity contribution in [3.05, 3.63) is 0 Å². The van der Waals surface area contributed by atoms with Crippen LogP contribution in [-0.2, 0) is 0 Å². The number of nitrogens with one attached hydrogen (secondary N) is 2. The Labute approximate surface area is 104 Å². The van der Waals surface area contributed by atoms with Gasteiger partial charge in [0.2, 0.25) is 0 Å². The van der Waals surface area contributed by atoms with E-state index in [4.69, 9.17) is 0 Å². The molecular formula is C13H25N3O. The van der Waals surface area contributed by atoms with Crippen LogP contribution >= 0.6 is 0 Å². The summed E-state index contributed by atoms with van der Waals surface area (Å²) in [6.07, 6.45) is 4.58. The molecule has 0 aromatic rings. The highest BCUT2D eigenvalue weighted by Gasteiger charge is 2.31. The first kappa shape index (κ1) is 12.7. The van der Waals surface area contributed by atoms with E-state index in [1.165, 1.54) is 6.42 Å². The summed E-state index contributed by atoms with van der Waals surface area (Å²) in [5.41, 5.74) is 0. The van der Waals surface area contributed by atoms with Crippen molar-refractivity contribution in [2.24, 2.45) is 5.92 Å². The summed E-state index contributed by atoms with van der Waals surface area (Å²) in [6, 6.07) is 1.20. The molecule has 1 saturated heterocycles. The van der Waals surface area contributed by atoms with Crippen LogP contribution in [0.25, 0.3) is 0 Å². The molecule has 1 heterocycles. The first-order chi connectivity index (χ1) is 8.20. The molecule has 0 bridgehead atoms. The summed E-state index contributed by atoms with van der Waals surface area (Å²) in [4.78, 5) is 13.9. The molecule has 2 atom stereocenters. The zero-order chi connectivity index (χ0) is 12.3. The average Bonchev–Trinajstić information content (AvgIpc) is 3.11. The number of nitrogens with zero attached hydrogens (tertiary/aromatic N) is 1. The SMILES string of the molecule is CCCNC1CCN(C(=O)NC2CC2)CC1C. The van der Waals surface area contributed by atoms with E-state index >= 15 is 0 Å². The maximum atomic E-state index is 11.9. The van der Waals surface area contributed by atoms with E-state index in [9.17, 15) is 4.79 Å². The zero-order valence-corrected chi connectivity index (χ0v) is 11.0. The Morgan fingerprint density at radius 2 is 2.12 bits per heavy atom.